The monoisotopic (exact) mass is 477 g/mol. The minimum absolute atomic E-state index is 0. The summed E-state index contributed by atoms with van der Waals surface area (Å²) in [5.74, 6) is 3.11. The molecule has 4 bridgehead atoms. The Morgan fingerprint density at radius 3 is 2.39 bits per heavy atom. The molecule has 4 aliphatic carbocycles. The predicted octanol–water partition coefficient (Wildman–Crippen LogP) is 3.87. The van der Waals surface area contributed by atoms with Gasteiger partial charge in [0.2, 0.25) is 0 Å². The Labute approximate surface area is 204 Å². The number of ether oxygens (including phenoxy) is 1. The third-order valence-electron chi connectivity index (χ3n) is 8.73. The topological polar surface area (TPSA) is 65.0 Å². The van der Waals surface area contributed by atoms with E-state index in [2.05, 4.69) is 10.2 Å². The van der Waals surface area contributed by atoms with Crippen molar-refractivity contribution in [1.82, 2.24) is 15.1 Å². The molecular formula is C26H40ClN3O3. The Kier molecular flexibility index (Phi) is 6.92. The molecule has 1 aliphatic heterocycles. The Bertz CT molecular complexity index is 828. The summed E-state index contributed by atoms with van der Waals surface area (Å²) in [7, 11) is 5.71. The van der Waals surface area contributed by atoms with Crippen LogP contribution in [0.1, 0.15) is 50.5 Å². The highest BCUT2D eigenvalue weighted by Crippen LogP contribution is 2.55. The number of nitrogens with zero attached hydrogens (tertiary/aromatic N) is 2. The average Bonchev–Trinajstić information content (AvgIpc) is 2.73. The van der Waals surface area contributed by atoms with Gasteiger partial charge in [-0.15, -0.1) is 12.4 Å². The number of nitrogens with one attached hydrogen (secondary N) is 1. The van der Waals surface area contributed by atoms with Crippen LogP contribution in [0.5, 0.6) is 5.75 Å². The molecule has 2 amide bonds. The van der Waals surface area contributed by atoms with Gasteiger partial charge in [-0.25, -0.2) is 4.79 Å². The van der Waals surface area contributed by atoms with Crippen LogP contribution in [0.3, 0.4) is 0 Å². The fourth-order valence-electron chi connectivity index (χ4n) is 7.69. The quantitative estimate of drug-likeness (QED) is 0.675. The van der Waals surface area contributed by atoms with E-state index in [1.54, 1.807) is 7.11 Å². The van der Waals surface area contributed by atoms with E-state index < -0.39 is 5.60 Å². The van der Waals surface area contributed by atoms with Crippen molar-refractivity contribution in [3.63, 3.8) is 0 Å². The first-order valence-corrected chi connectivity index (χ1v) is 12.4. The van der Waals surface area contributed by atoms with Crippen LogP contribution in [-0.4, -0.2) is 67.3 Å². The lowest BCUT2D eigenvalue weighted by atomic mass is 9.53. The molecule has 1 aromatic rings. The van der Waals surface area contributed by atoms with Crippen molar-refractivity contribution < 1.29 is 14.6 Å². The fourth-order valence-corrected chi connectivity index (χ4v) is 7.69. The van der Waals surface area contributed by atoms with E-state index in [1.807, 2.05) is 43.3 Å². The lowest BCUT2D eigenvalue weighted by molar-refractivity contribution is -0.0777. The molecule has 1 heterocycles. The van der Waals surface area contributed by atoms with E-state index in [4.69, 9.17) is 4.74 Å². The molecule has 6 rings (SSSR count). The first kappa shape index (κ1) is 24.6. The van der Waals surface area contributed by atoms with E-state index in [1.165, 1.54) is 19.3 Å². The van der Waals surface area contributed by atoms with Gasteiger partial charge in [0.1, 0.15) is 5.75 Å². The van der Waals surface area contributed by atoms with Gasteiger partial charge in [0.05, 0.1) is 12.7 Å². The first-order chi connectivity index (χ1) is 15.3. The van der Waals surface area contributed by atoms with E-state index in [0.29, 0.717) is 19.5 Å². The van der Waals surface area contributed by atoms with Gasteiger partial charge in [-0.05, 0) is 94.5 Å². The molecule has 4 saturated carbocycles. The number of hydrogen-bond donors (Lipinski definition) is 2. The average molecular weight is 478 g/mol. The summed E-state index contributed by atoms with van der Waals surface area (Å²) in [6, 6.07) is 7.83. The van der Waals surface area contributed by atoms with Gasteiger partial charge in [0.15, 0.2) is 0 Å². The van der Waals surface area contributed by atoms with E-state index in [0.717, 1.165) is 54.9 Å². The number of halogens is 1. The molecule has 5 aliphatic rings. The smallest absolute Gasteiger partial charge is 0.317 e. The molecule has 0 aromatic heterocycles. The molecule has 1 saturated heterocycles. The molecule has 33 heavy (non-hydrogen) atoms. The van der Waals surface area contributed by atoms with Crippen molar-refractivity contribution >= 4 is 18.4 Å². The molecule has 2 atom stereocenters. The van der Waals surface area contributed by atoms with Gasteiger partial charge >= 0.3 is 6.03 Å². The minimum atomic E-state index is -0.976. The lowest BCUT2D eigenvalue weighted by Crippen LogP contribution is -2.64. The Balaban J connectivity index is 0.00000259. The van der Waals surface area contributed by atoms with Crippen molar-refractivity contribution in [1.29, 1.82) is 0 Å². The number of benzene rings is 1. The zero-order valence-corrected chi connectivity index (χ0v) is 21.1. The van der Waals surface area contributed by atoms with E-state index in [9.17, 15) is 9.90 Å². The van der Waals surface area contributed by atoms with Gasteiger partial charge in [0.25, 0.3) is 0 Å². The van der Waals surface area contributed by atoms with Crippen molar-refractivity contribution in [2.75, 3.05) is 40.8 Å². The largest absolute Gasteiger partial charge is 0.497 e. The van der Waals surface area contributed by atoms with E-state index >= 15 is 0 Å². The summed E-state index contributed by atoms with van der Waals surface area (Å²) in [5.41, 5.74) is -0.0791. The van der Waals surface area contributed by atoms with Gasteiger partial charge < -0.3 is 25.0 Å². The molecule has 2 N–H and O–H groups in total. The van der Waals surface area contributed by atoms with Crippen LogP contribution < -0.4 is 10.1 Å². The van der Waals surface area contributed by atoms with Crippen LogP contribution in [-0.2, 0) is 5.60 Å². The summed E-state index contributed by atoms with van der Waals surface area (Å²) in [5, 5.41) is 15.4. The second-order valence-corrected chi connectivity index (χ2v) is 11.4. The Hall–Kier alpha value is -1.50. The first-order valence-electron chi connectivity index (χ1n) is 12.4. The van der Waals surface area contributed by atoms with Crippen LogP contribution in [0.4, 0.5) is 4.79 Å². The maximum Gasteiger partial charge on any atom is 0.317 e. The summed E-state index contributed by atoms with van der Waals surface area (Å²) in [6.45, 7) is 1.84. The van der Waals surface area contributed by atoms with Crippen LogP contribution in [0.2, 0.25) is 0 Å². The molecular weight excluding hydrogens is 438 g/mol. The highest BCUT2D eigenvalue weighted by molar-refractivity contribution is 5.85. The van der Waals surface area contributed by atoms with Crippen molar-refractivity contribution in [3.8, 4) is 5.75 Å². The summed E-state index contributed by atoms with van der Waals surface area (Å²) >= 11 is 0. The number of likely N-dealkylation sites (tertiary alicyclic amines) is 1. The van der Waals surface area contributed by atoms with Crippen LogP contribution in [0, 0.1) is 23.7 Å². The molecule has 1 aromatic carbocycles. The standard InChI is InChI=1S/C26H39N3O3.ClH/c1-28(2)16-22-17-29(8-7-26(22,31)21-5-4-6-23(12-21)32-3)24(30)27-25-13-18-9-19(14-25)11-20(10-18)15-25;/h4-6,12,18-20,22,31H,7-11,13-17H2,1-3H3,(H,27,30);1H. The summed E-state index contributed by atoms with van der Waals surface area (Å²) < 4.78 is 5.40. The number of piperidine rings is 1. The highest BCUT2D eigenvalue weighted by Gasteiger charge is 2.52. The van der Waals surface area contributed by atoms with Gasteiger partial charge in [-0.3, -0.25) is 0 Å². The molecule has 5 fully saturated rings. The molecule has 0 radical (unpaired) electrons. The van der Waals surface area contributed by atoms with Crippen LogP contribution in [0.25, 0.3) is 0 Å². The van der Waals surface area contributed by atoms with E-state index in [-0.39, 0.29) is 29.9 Å². The van der Waals surface area contributed by atoms with Gasteiger partial charge in [0, 0.05) is 31.1 Å². The maximum absolute atomic E-state index is 13.5. The molecule has 7 heteroatoms. The number of methoxy groups -OCH3 is 1. The summed E-state index contributed by atoms with van der Waals surface area (Å²) in [6.07, 6.45) is 8.13. The molecule has 6 nitrogen and oxygen atoms in total. The number of carbonyl (C=O) groups excluding carboxylic acids is 1. The zero-order valence-electron chi connectivity index (χ0n) is 20.3. The molecule has 0 spiro atoms. The van der Waals surface area contributed by atoms with Crippen molar-refractivity contribution in [3.05, 3.63) is 29.8 Å². The number of urea groups is 1. The number of hydrogen-bond acceptors (Lipinski definition) is 4. The third-order valence-corrected chi connectivity index (χ3v) is 8.73. The highest BCUT2D eigenvalue weighted by atomic mass is 35.5. The zero-order chi connectivity index (χ0) is 22.5. The summed E-state index contributed by atoms with van der Waals surface area (Å²) in [4.78, 5) is 17.5. The number of rotatable bonds is 5. The Morgan fingerprint density at radius 1 is 1.18 bits per heavy atom. The van der Waals surface area contributed by atoms with Crippen molar-refractivity contribution in [2.24, 2.45) is 23.7 Å². The second kappa shape index (κ2) is 9.27. The lowest BCUT2D eigenvalue weighted by Gasteiger charge is -2.57. The molecule has 2 unspecified atom stereocenters. The van der Waals surface area contributed by atoms with Crippen molar-refractivity contribution in [2.45, 2.75) is 56.1 Å². The third kappa shape index (κ3) is 4.71. The normalized spacial score (nSPS) is 37.1. The van der Waals surface area contributed by atoms with Gasteiger partial charge in [-0.1, -0.05) is 12.1 Å². The number of aliphatic hydroxyl groups is 1. The SMILES string of the molecule is COc1cccc(C2(O)CCN(C(=O)NC34CC5CC(CC(C5)C3)C4)CC2CN(C)C)c1.Cl. The number of amides is 2. The second-order valence-electron chi connectivity index (χ2n) is 11.4. The predicted molar refractivity (Wildman–Crippen MR) is 132 cm³/mol. The van der Waals surface area contributed by atoms with Crippen LogP contribution in [0.15, 0.2) is 24.3 Å². The molecule has 184 valence electrons. The fraction of sp³-hybridized carbons (Fsp3) is 0.731. The van der Waals surface area contributed by atoms with Crippen LogP contribution >= 0.6 is 12.4 Å². The number of carbonyl (C=O) groups is 1. The van der Waals surface area contributed by atoms with Gasteiger partial charge in [-0.2, -0.15) is 0 Å². The minimum Gasteiger partial charge on any atom is -0.497 e. The maximum atomic E-state index is 13.5. The Morgan fingerprint density at radius 2 is 1.82 bits per heavy atom.